The fourth-order valence-corrected chi connectivity index (χ4v) is 3.03. The molecule has 0 bridgehead atoms. The molecule has 0 radical (unpaired) electrons. The molecule has 1 saturated carbocycles. The van der Waals surface area contributed by atoms with Gasteiger partial charge >= 0.3 is 6.18 Å². The van der Waals surface area contributed by atoms with Crippen LogP contribution in [-0.4, -0.2) is 13.1 Å². The fraction of sp³-hybridized carbons (Fsp3) is 0.538. The molecule has 1 N–H and O–H groups in total. The second kappa shape index (κ2) is 3.48. The Bertz CT molecular complexity index is 423. The molecule has 0 aromatic heterocycles. The number of halogens is 3. The van der Waals surface area contributed by atoms with Gasteiger partial charge in [0.05, 0.1) is 5.56 Å². The Hall–Kier alpha value is -1.03. The summed E-state index contributed by atoms with van der Waals surface area (Å²) in [6, 6.07) is 5.74. The summed E-state index contributed by atoms with van der Waals surface area (Å²) in [5.74, 6) is 0.619. The molecule has 4 heteroatoms. The lowest BCUT2D eigenvalue weighted by Gasteiger charge is -2.23. The van der Waals surface area contributed by atoms with Crippen LogP contribution >= 0.6 is 0 Å². The van der Waals surface area contributed by atoms with Gasteiger partial charge in [0.2, 0.25) is 0 Å². The molecule has 2 atom stereocenters. The zero-order chi connectivity index (χ0) is 12.1. The maximum absolute atomic E-state index is 12.5. The van der Waals surface area contributed by atoms with E-state index in [-0.39, 0.29) is 5.41 Å². The van der Waals surface area contributed by atoms with E-state index in [1.54, 1.807) is 12.1 Å². The van der Waals surface area contributed by atoms with E-state index in [4.69, 9.17) is 0 Å². The fourth-order valence-electron chi connectivity index (χ4n) is 3.03. The highest BCUT2D eigenvalue weighted by atomic mass is 19.4. The van der Waals surface area contributed by atoms with Gasteiger partial charge in [-0.2, -0.15) is 13.2 Å². The molecule has 2 aliphatic rings. The largest absolute Gasteiger partial charge is 0.416 e. The Labute approximate surface area is 98.0 Å². The smallest absolute Gasteiger partial charge is 0.316 e. The van der Waals surface area contributed by atoms with Gasteiger partial charge in [-0.3, -0.25) is 0 Å². The summed E-state index contributed by atoms with van der Waals surface area (Å²) in [5, 5.41) is 3.33. The average Bonchev–Trinajstić information content (AvgIpc) is 3.03. The highest BCUT2D eigenvalue weighted by molar-refractivity contribution is 5.37. The molecule has 0 amide bonds. The molecule has 1 aliphatic carbocycles. The lowest BCUT2D eigenvalue weighted by molar-refractivity contribution is -0.137. The second-order valence-corrected chi connectivity index (χ2v) is 5.09. The van der Waals surface area contributed by atoms with Crippen molar-refractivity contribution < 1.29 is 13.2 Å². The van der Waals surface area contributed by atoms with Crippen LogP contribution in [0.5, 0.6) is 0 Å². The molecular formula is C13H14F3N. The van der Waals surface area contributed by atoms with Gasteiger partial charge in [0.1, 0.15) is 0 Å². The van der Waals surface area contributed by atoms with Crippen molar-refractivity contribution in [3.63, 3.8) is 0 Å². The minimum atomic E-state index is -4.23. The first-order valence-corrected chi connectivity index (χ1v) is 5.91. The lowest BCUT2D eigenvalue weighted by atomic mass is 9.87. The van der Waals surface area contributed by atoms with Gasteiger partial charge in [-0.15, -0.1) is 0 Å². The number of hydrogen-bond donors (Lipinski definition) is 1. The number of fused-ring (bicyclic) bond motifs is 1. The van der Waals surface area contributed by atoms with Gasteiger partial charge in [-0.25, -0.2) is 0 Å². The standard InChI is InChI=1S/C13H14F3N/c14-13(15,16)10-3-1-9(2-4-10)12-5-6-17-8-11(12)7-12/h1-4,11,17H,5-8H2/t11-,12+/m0/s1. The molecule has 1 heterocycles. The molecule has 1 aromatic rings. The molecule has 0 spiro atoms. The molecule has 3 rings (SSSR count). The summed E-state index contributed by atoms with van der Waals surface area (Å²) in [6.07, 6.45) is -2.07. The monoisotopic (exact) mass is 241 g/mol. The number of hydrogen-bond acceptors (Lipinski definition) is 1. The first-order chi connectivity index (χ1) is 8.02. The van der Waals surface area contributed by atoms with Crippen LogP contribution < -0.4 is 5.32 Å². The van der Waals surface area contributed by atoms with Crippen molar-refractivity contribution in [2.75, 3.05) is 13.1 Å². The molecule has 2 fully saturated rings. The van der Waals surface area contributed by atoms with Gasteiger partial charge in [0, 0.05) is 5.41 Å². The van der Waals surface area contributed by atoms with E-state index in [1.807, 2.05) is 0 Å². The number of benzene rings is 1. The van der Waals surface area contributed by atoms with Crippen LogP contribution in [-0.2, 0) is 11.6 Å². The Morgan fingerprint density at radius 3 is 2.47 bits per heavy atom. The van der Waals surface area contributed by atoms with E-state index in [9.17, 15) is 13.2 Å². The molecular weight excluding hydrogens is 227 g/mol. The third kappa shape index (κ3) is 1.75. The quantitative estimate of drug-likeness (QED) is 0.797. The highest BCUT2D eigenvalue weighted by Gasteiger charge is 2.55. The molecule has 1 saturated heterocycles. The van der Waals surface area contributed by atoms with Crippen molar-refractivity contribution in [1.82, 2.24) is 5.32 Å². The Morgan fingerprint density at radius 1 is 1.18 bits per heavy atom. The highest BCUT2D eigenvalue weighted by Crippen LogP contribution is 2.57. The van der Waals surface area contributed by atoms with E-state index >= 15 is 0 Å². The van der Waals surface area contributed by atoms with E-state index in [2.05, 4.69) is 5.32 Å². The third-order valence-electron chi connectivity index (χ3n) is 4.16. The van der Waals surface area contributed by atoms with E-state index in [1.165, 1.54) is 12.1 Å². The predicted molar refractivity (Wildman–Crippen MR) is 58.7 cm³/mol. The topological polar surface area (TPSA) is 12.0 Å². The van der Waals surface area contributed by atoms with Crippen molar-refractivity contribution in [1.29, 1.82) is 0 Å². The van der Waals surface area contributed by atoms with Crippen molar-refractivity contribution in [2.45, 2.75) is 24.4 Å². The van der Waals surface area contributed by atoms with Gasteiger partial charge in [-0.05, 0) is 49.5 Å². The van der Waals surface area contributed by atoms with E-state index in [0.29, 0.717) is 5.92 Å². The number of alkyl halides is 3. The molecule has 1 aliphatic heterocycles. The molecule has 1 nitrogen and oxygen atoms in total. The van der Waals surface area contributed by atoms with E-state index in [0.717, 1.165) is 31.5 Å². The Balaban J connectivity index is 1.86. The van der Waals surface area contributed by atoms with Crippen molar-refractivity contribution >= 4 is 0 Å². The summed E-state index contributed by atoms with van der Waals surface area (Å²) < 4.78 is 37.4. The molecule has 92 valence electrons. The first-order valence-electron chi connectivity index (χ1n) is 5.91. The first kappa shape index (κ1) is 11.1. The zero-order valence-corrected chi connectivity index (χ0v) is 9.35. The molecule has 17 heavy (non-hydrogen) atoms. The minimum Gasteiger partial charge on any atom is -0.316 e. The van der Waals surface area contributed by atoms with Crippen LogP contribution in [0.3, 0.4) is 0 Å². The summed E-state index contributed by atoms with van der Waals surface area (Å²) in [4.78, 5) is 0. The Morgan fingerprint density at radius 2 is 1.88 bits per heavy atom. The average molecular weight is 241 g/mol. The summed E-state index contributed by atoms with van der Waals surface area (Å²) in [6.45, 7) is 1.97. The van der Waals surface area contributed by atoms with Crippen LogP contribution in [0.4, 0.5) is 13.2 Å². The van der Waals surface area contributed by atoms with Crippen LogP contribution in [0.1, 0.15) is 24.0 Å². The number of piperidine rings is 1. The van der Waals surface area contributed by atoms with Crippen LogP contribution in [0.2, 0.25) is 0 Å². The van der Waals surface area contributed by atoms with Crippen LogP contribution in [0.15, 0.2) is 24.3 Å². The maximum Gasteiger partial charge on any atom is 0.416 e. The second-order valence-electron chi connectivity index (χ2n) is 5.09. The van der Waals surface area contributed by atoms with Crippen molar-refractivity contribution in [3.05, 3.63) is 35.4 Å². The van der Waals surface area contributed by atoms with Gasteiger partial charge in [0.25, 0.3) is 0 Å². The number of nitrogens with one attached hydrogen (secondary N) is 1. The third-order valence-corrected chi connectivity index (χ3v) is 4.16. The lowest BCUT2D eigenvalue weighted by Crippen LogP contribution is -2.31. The van der Waals surface area contributed by atoms with Crippen LogP contribution in [0, 0.1) is 5.92 Å². The molecule has 1 aromatic carbocycles. The SMILES string of the molecule is FC(F)(F)c1ccc([C@]23CCNC[C@@H]2C3)cc1. The zero-order valence-electron chi connectivity index (χ0n) is 9.35. The summed E-state index contributed by atoms with van der Waals surface area (Å²) in [5.41, 5.74) is 0.704. The Kier molecular flexibility index (Phi) is 2.27. The normalized spacial score (nSPS) is 32.1. The summed E-state index contributed by atoms with van der Waals surface area (Å²) >= 11 is 0. The summed E-state index contributed by atoms with van der Waals surface area (Å²) in [7, 11) is 0. The van der Waals surface area contributed by atoms with Gasteiger partial charge in [-0.1, -0.05) is 12.1 Å². The van der Waals surface area contributed by atoms with Gasteiger partial charge in [0.15, 0.2) is 0 Å². The number of rotatable bonds is 1. The van der Waals surface area contributed by atoms with E-state index < -0.39 is 11.7 Å². The maximum atomic E-state index is 12.5. The van der Waals surface area contributed by atoms with Crippen molar-refractivity contribution in [3.8, 4) is 0 Å². The predicted octanol–water partition coefficient (Wildman–Crippen LogP) is 2.96. The van der Waals surface area contributed by atoms with Crippen LogP contribution in [0.25, 0.3) is 0 Å². The van der Waals surface area contributed by atoms with Crippen molar-refractivity contribution in [2.24, 2.45) is 5.92 Å². The minimum absolute atomic E-state index is 0.176. The molecule has 0 unspecified atom stereocenters. The van der Waals surface area contributed by atoms with Gasteiger partial charge < -0.3 is 5.32 Å².